The van der Waals surface area contributed by atoms with E-state index in [1.54, 1.807) is 0 Å². The van der Waals surface area contributed by atoms with Gasteiger partial charge in [0.1, 0.15) is 0 Å². The maximum Gasteiger partial charge on any atom is 0.0566 e. The summed E-state index contributed by atoms with van der Waals surface area (Å²) < 4.78 is 5.39. The first-order chi connectivity index (χ1) is 5.75. The van der Waals surface area contributed by atoms with Gasteiger partial charge in [-0.05, 0) is 31.1 Å². The molecule has 0 aromatic rings. The van der Waals surface area contributed by atoms with Crippen LogP contribution in [-0.2, 0) is 4.74 Å². The number of ether oxygens (including phenoxy) is 1. The van der Waals surface area contributed by atoms with Crippen LogP contribution in [0.15, 0.2) is 0 Å². The first kappa shape index (κ1) is 10.0. The number of aliphatic hydroxyl groups excluding tert-OH is 1. The second-order valence-electron chi connectivity index (χ2n) is 3.81. The average molecular weight is 172 g/mol. The second-order valence-corrected chi connectivity index (χ2v) is 3.81. The topological polar surface area (TPSA) is 29.5 Å². The summed E-state index contributed by atoms with van der Waals surface area (Å²) in [6.45, 7) is 5.92. The van der Waals surface area contributed by atoms with Crippen molar-refractivity contribution in [3.63, 3.8) is 0 Å². The molecule has 1 saturated heterocycles. The molecule has 0 aliphatic carbocycles. The molecule has 3 unspecified atom stereocenters. The van der Waals surface area contributed by atoms with Crippen LogP contribution in [0.5, 0.6) is 0 Å². The summed E-state index contributed by atoms with van der Waals surface area (Å²) in [5.74, 6) is 0.976. The van der Waals surface area contributed by atoms with E-state index in [1.165, 1.54) is 6.42 Å². The quantitative estimate of drug-likeness (QED) is 0.703. The first-order valence-corrected chi connectivity index (χ1v) is 5.01. The Morgan fingerprint density at radius 2 is 2.33 bits per heavy atom. The molecular formula is C10H20O2. The van der Waals surface area contributed by atoms with Crippen LogP contribution in [0.1, 0.15) is 33.1 Å². The highest BCUT2D eigenvalue weighted by molar-refractivity contribution is 4.74. The van der Waals surface area contributed by atoms with Gasteiger partial charge in [0, 0.05) is 13.2 Å². The lowest BCUT2D eigenvalue weighted by molar-refractivity contribution is -0.00586. The molecule has 72 valence electrons. The second kappa shape index (κ2) is 4.83. The summed E-state index contributed by atoms with van der Waals surface area (Å²) in [4.78, 5) is 0. The highest BCUT2D eigenvalue weighted by atomic mass is 16.5. The van der Waals surface area contributed by atoms with Gasteiger partial charge < -0.3 is 9.84 Å². The van der Waals surface area contributed by atoms with Crippen LogP contribution in [-0.4, -0.2) is 24.4 Å². The minimum absolute atomic E-state index is 0.142. The van der Waals surface area contributed by atoms with Gasteiger partial charge in [0.05, 0.1) is 6.10 Å². The van der Waals surface area contributed by atoms with Gasteiger partial charge >= 0.3 is 0 Å². The minimum Gasteiger partial charge on any atom is -0.393 e. The lowest BCUT2D eigenvalue weighted by atomic mass is 9.84. The molecule has 1 rings (SSSR count). The van der Waals surface area contributed by atoms with Crippen molar-refractivity contribution in [1.82, 2.24) is 0 Å². The molecule has 0 radical (unpaired) electrons. The highest BCUT2D eigenvalue weighted by Gasteiger charge is 2.24. The molecule has 0 bridgehead atoms. The molecule has 1 N–H and O–H groups in total. The lowest BCUT2D eigenvalue weighted by Gasteiger charge is -2.30. The Balaban J connectivity index is 2.33. The largest absolute Gasteiger partial charge is 0.393 e. The predicted octanol–water partition coefficient (Wildman–Crippen LogP) is 1.82. The van der Waals surface area contributed by atoms with E-state index in [1.807, 2.05) is 6.92 Å². The van der Waals surface area contributed by atoms with E-state index in [-0.39, 0.29) is 6.10 Å². The normalized spacial score (nSPS) is 29.8. The molecule has 12 heavy (non-hydrogen) atoms. The highest BCUT2D eigenvalue weighted by Crippen LogP contribution is 2.25. The van der Waals surface area contributed by atoms with Crippen LogP contribution in [0.3, 0.4) is 0 Å². The van der Waals surface area contributed by atoms with Crippen molar-refractivity contribution in [2.24, 2.45) is 11.8 Å². The molecule has 0 amide bonds. The van der Waals surface area contributed by atoms with Gasteiger partial charge in [0.25, 0.3) is 0 Å². The van der Waals surface area contributed by atoms with Crippen LogP contribution in [0, 0.1) is 11.8 Å². The van der Waals surface area contributed by atoms with Crippen LogP contribution in [0.4, 0.5) is 0 Å². The molecule has 2 heteroatoms. The van der Waals surface area contributed by atoms with Crippen LogP contribution >= 0.6 is 0 Å². The number of rotatable bonds is 3. The van der Waals surface area contributed by atoms with Crippen LogP contribution in [0.2, 0.25) is 0 Å². The average Bonchev–Trinajstić information content (AvgIpc) is 2.17. The summed E-state index contributed by atoms with van der Waals surface area (Å²) in [5.41, 5.74) is 0. The fraction of sp³-hybridized carbons (Fsp3) is 1.00. The fourth-order valence-electron chi connectivity index (χ4n) is 1.87. The minimum atomic E-state index is -0.142. The van der Waals surface area contributed by atoms with Gasteiger partial charge in [-0.25, -0.2) is 0 Å². The zero-order valence-electron chi connectivity index (χ0n) is 8.12. The molecule has 3 atom stereocenters. The maximum absolute atomic E-state index is 9.62. The zero-order chi connectivity index (χ0) is 8.97. The van der Waals surface area contributed by atoms with Crippen LogP contribution < -0.4 is 0 Å². The van der Waals surface area contributed by atoms with E-state index in [0.717, 1.165) is 26.1 Å². The van der Waals surface area contributed by atoms with E-state index in [0.29, 0.717) is 11.8 Å². The van der Waals surface area contributed by atoms with Gasteiger partial charge in [-0.2, -0.15) is 0 Å². The Morgan fingerprint density at radius 3 is 2.83 bits per heavy atom. The van der Waals surface area contributed by atoms with E-state index in [4.69, 9.17) is 4.74 Å². The van der Waals surface area contributed by atoms with Gasteiger partial charge in [0.15, 0.2) is 0 Å². The first-order valence-electron chi connectivity index (χ1n) is 5.01. The van der Waals surface area contributed by atoms with Crippen molar-refractivity contribution in [3.8, 4) is 0 Å². The van der Waals surface area contributed by atoms with Crippen LogP contribution in [0.25, 0.3) is 0 Å². The summed E-state index contributed by atoms with van der Waals surface area (Å²) in [6, 6.07) is 0. The van der Waals surface area contributed by atoms with E-state index in [2.05, 4.69) is 6.92 Å². The van der Waals surface area contributed by atoms with E-state index in [9.17, 15) is 5.11 Å². The summed E-state index contributed by atoms with van der Waals surface area (Å²) in [6.07, 6.45) is 3.10. The number of hydrogen-bond donors (Lipinski definition) is 1. The maximum atomic E-state index is 9.62. The molecule has 1 aliphatic rings. The molecular weight excluding hydrogens is 152 g/mol. The van der Waals surface area contributed by atoms with Gasteiger partial charge in [-0.1, -0.05) is 13.8 Å². The third-order valence-corrected chi connectivity index (χ3v) is 2.96. The standard InChI is InChI=1S/C10H20O2/c1-3-10(11)8(2)9-5-4-6-12-7-9/h8-11H,3-7H2,1-2H3. The van der Waals surface area contributed by atoms with Crippen molar-refractivity contribution in [3.05, 3.63) is 0 Å². The third kappa shape index (κ3) is 2.46. The zero-order valence-corrected chi connectivity index (χ0v) is 8.12. The molecule has 1 fully saturated rings. The van der Waals surface area contributed by atoms with Crippen molar-refractivity contribution in [2.75, 3.05) is 13.2 Å². The molecule has 0 spiro atoms. The van der Waals surface area contributed by atoms with Crippen molar-refractivity contribution >= 4 is 0 Å². The smallest absolute Gasteiger partial charge is 0.0566 e. The third-order valence-electron chi connectivity index (χ3n) is 2.96. The SMILES string of the molecule is CCC(O)C(C)C1CCCOC1. The fourth-order valence-corrected chi connectivity index (χ4v) is 1.87. The molecule has 0 aromatic heterocycles. The summed E-state index contributed by atoms with van der Waals surface area (Å²) >= 11 is 0. The van der Waals surface area contributed by atoms with Crippen molar-refractivity contribution < 1.29 is 9.84 Å². The molecule has 2 nitrogen and oxygen atoms in total. The Hall–Kier alpha value is -0.0800. The lowest BCUT2D eigenvalue weighted by Crippen LogP contribution is -2.30. The Morgan fingerprint density at radius 1 is 1.58 bits per heavy atom. The van der Waals surface area contributed by atoms with Crippen molar-refractivity contribution in [2.45, 2.75) is 39.2 Å². The van der Waals surface area contributed by atoms with Crippen molar-refractivity contribution in [1.29, 1.82) is 0 Å². The number of hydrogen-bond acceptors (Lipinski definition) is 2. The Kier molecular flexibility index (Phi) is 4.02. The Labute approximate surface area is 74.9 Å². The predicted molar refractivity (Wildman–Crippen MR) is 49.0 cm³/mol. The number of aliphatic hydroxyl groups is 1. The van der Waals surface area contributed by atoms with E-state index < -0.39 is 0 Å². The summed E-state index contributed by atoms with van der Waals surface area (Å²) in [5, 5.41) is 9.62. The monoisotopic (exact) mass is 172 g/mol. The van der Waals surface area contributed by atoms with Gasteiger partial charge in [0.2, 0.25) is 0 Å². The summed E-state index contributed by atoms with van der Waals surface area (Å²) in [7, 11) is 0. The molecule has 0 aromatic carbocycles. The molecule has 1 heterocycles. The van der Waals surface area contributed by atoms with Gasteiger partial charge in [-0.15, -0.1) is 0 Å². The molecule has 1 aliphatic heterocycles. The van der Waals surface area contributed by atoms with Gasteiger partial charge in [-0.3, -0.25) is 0 Å². The Bertz CT molecular complexity index is 119. The molecule has 0 saturated carbocycles. The van der Waals surface area contributed by atoms with E-state index >= 15 is 0 Å².